The van der Waals surface area contributed by atoms with Crippen LogP contribution in [0.1, 0.15) is 118 Å². The minimum atomic E-state index is -1.69. The van der Waals surface area contributed by atoms with Crippen LogP contribution in [0.2, 0.25) is 0 Å². The maximum Gasteiger partial charge on any atom is 0.185 e. The average molecular weight is 1100 g/mol. The van der Waals surface area contributed by atoms with Crippen molar-refractivity contribution >= 4 is 11.7 Å². The maximum atomic E-state index is 12.8. The third-order valence-corrected chi connectivity index (χ3v) is 12.8. The fraction of sp³-hybridized carbons (Fsp3) is 0.600. The lowest BCUT2D eigenvalue weighted by Crippen LogP contribution is -2.41. The first-order valence-electron chi connectivity index (χ1n) is 27.4. The summed E-state index contributed by atoms with van der Waals surface area (Å²) in [5.74, 6) is -1.64. The smallest absolute Gasteiger partial charge is 0.185 e. The Balaban J connectivity index is 4.53. The van der Waals surface area contributed by atoms with Gasteiger partial charge < -0.3 is 83.0 Å². The molecule has 444 valence electrons. The second-order valence-corrected chi connectivity index (χ2v) is 20.1. The van der Waals surface area contributed by atoms with Gasteiger partial charge in [-0.25, -0.2) is 0 Å². The van der Waals surface area contributed by atoms with Gasteiger partial charge in [0.05, 0.1) is 79.4 Å². The molecule has 0 aliphatic carbocycles. The normalized spacial score (nSPS) is 19.9. The number of hydrogen-bond donors (Lipinski definition) is 16. The third kappa shape index (κ3) is 39.0. The molecule has 18 heteroatoms. The van der Waals surface area contributed by atoms with E-state index in [0.717, 1.165) is 12.8 Å². The summed E-state index contributed by atoms with van der Waals surface area (Å²) in [4.78, 5) is 16.6. The summed E-state index contributed by atoms with van der Waals surface area (Å²) in [5, 5.41) is 145. The van der Waals surface area contributed by atoms with Gasteiger partial charge in [-0.3, -0.25) is 9.79 Å². The Hall–Kier alpha value is -4.48. The van der Waals surface area contributed by atoms with Gasteiger partial charge in [-0.2, -0.15) is 0 Å². The molecule has 78 heavy (non-hydrogen) atoms. The molecule has 0 aromatic carbocycles. The predicted octanol–water partition coefficient (Wildman–Crippen LogP) is 3.39. The third-order valence-electron chi connectivity index (χ3n) is 12.8. The number of aliphatic hydroxyl groups excluding tert-OH is 14. The monoisotopic (exact) mass is 1100 g/mol. The molecule has 0 saturated heterocycles. The SMILES string of the molecule is CC=CC=CCCC=CC(C)C(O)C(C)C(O)C=CC=CC=CC=CC=CC=CCC(O)C(C)C(=O)CC(O)CC(O)C=CCC(O)CC(O)CC(O)C=CCC(O)CC(O)C(O)C(O)CC(O)CC(O)CCCN=C(N)N. The van der Waals surface area contributed by atoms with Gasteiger partial charge in [0.15, 0.2) is 5.96 Å². The molecule has 17 unspecified atom stereocenters. The predicted molar refractivity (Wildman–Crippen MR) is 308 cm³/mol. The van der Waals surface area contributed by atoms with Gasteiger partial charge >= 0.3 is 0 Å². The highest BCUT2D eigenvalue weighted by Crippen LogP contribution is 2.21. The lowest BCUT2D eigenvalue weighted by molar-refractivity contribution is -0.127. The number of guanidine groups is 1. The minimum Gasteiger partial charge on any atom is -0.393 e. The van der Waals surface area contributed by atoms with Gasteiger partial charge in [-0.15, -0.1) is 0 Å². The number of Topliss-reactive ketones (excluding diaryl/α,β-unsaturated/α-hetero) is 1. The van der Waals surface area contributed by atoms with Crippen molar-refractivity contribution in [3.8, 4) is 0 Å². The van der Waals surface area contributed by atoms with E-state index in [0.29, 0.717) is 19.4 Å². The minimum absolute atomic E-state index is 0.0402. The molecule has 0 aliphatic heterocycles. The second-order valence-electron chi connectivity index (χ2n) is 20.1. The molecule has 0 aromatic rings. The highest BCUT2D eigenvalue weighted by molar-refractivity contribution is 5.81. The molecule has 0 fully saturated rings. The Morgan fingerprint density at radius 1 is 0.462 bits per heavy atom. The van der Waals surface area contributed by atoms with Gasteiger partial charge in [0, 0.05) is 56.4 Å². The Kier molecular flexibility index (Phi) is 42.7. The second kappa shape index (κ2) is 45.3. The summed E-state index contributed by atoms with van der Waals surface area (Å²) in [5.41, 5.74) is 10.5. The molecule has 0 bridgehead atoms. The Bertz CT molecular complexity index is 1930. The number of ketones is 1. The van der Waals surface area contributed by atoms with Gasteiger partial charge in [0.2, 0.25) is 0 Å². The zero-order valence-electron chi connectivity index (χ0n) is 46.4. The Morgan fingerprint density at radius 3 is 1.53 bits per heavy atom. The molecule has 18 N–H and O–H groups in total. The van der Waals surface area contributed by atoms with E-state index in [2.05, 4.69) is 17.1 Å². The van der Waals surface area contributed by atoms with E-state index in [4.69, 9.17) is 11.5 Å². The van der Waals surface area contributed by atoms with Crippen LogP contribution in [-0.4, -0.2) is 175 Å². The number of aliphatic imine (C=N–C) groups is 1. The summed E-state index contributed by atoms with van der Waals surface area (Å²) in [6.07, 6.45) is 24.2. The van der Waals surface area contributed by atoms with E-state index < -0.39 is 91.4 Å². The first kappa shape index (κ1) is 73.5. The highest BCUT2D eigenvalue weighted by Gasteiger charge is 2.29. The Labute approximate surface area is 464 Å². The van der Waals surface area contributed by atoms with E-state index >= 15 is 0 Å². The fourth-order valence-corrected chi connectivity index (χ4v) is 7.93. The van der Waals surface area contributed by atoms with E-state index in [1.807, 2.05) is 75.5 Å². The zero-order valence-corrected chi connectivity index (χ0v) is 46.4. The van der Waals surface area contributed by atoms with Crippen molar-refractivity contribution in [1.82, 2.24) is 0 Å². The van der Waals surface area contributed by atoms with Crippen LogP contribution in [0.3, 0.4) is 0 Å². The molecule has 17 atom stereocenters. The quantitative estimate of drug-likeness (QED) is 0.0137. The van der Waals surface area contributed by atoms with Crippen molar-refractivity contribution in [1.29, 1.82) is 0 Å². The van der Waals surface area contributed by atoms with E-state index in [-0.39, 0.29) is 87.8 Å². The van der Waals surface area contributed by atoms with Crippen molar-refractivity contribution in [2.75, 3.05) is 6.54 Å². The lowest BCUT2D eigenvalue weighted by atomic mass is 9.88. The molecule has 0 amide bonds. The van der Waals surface area contributed by atoms with E-state index in [1.54, 1.807) is 49.5 Å². The number of aliphatic hydroxyl groups is 14. The zero-order chi connectivity index (χ0) is 58.8. The van der Waals surface area contributed by atoms with Crippen molar-refractivity contribution in [2.24, 2.45) is 34.2 Å². The summed E-state index contributed by atoms with van der Waals surface area (Å²) >= 11 is 0. The largest absolute Gasteiger partial charge is 0.393 e. The van der Waals surface area contributed by atoms with Gasteiger partial charge in [0.25, 0.3) is 0 Å². The number of allylic oxidation sites excluding steroid dienone is 15. The Morgan fingerprint density at radius 2 is 0.949 bits per heavy atom. The first-order chi connectivity index (χ1) is 37.0. The molecule has 0 aliphatic rings. The maximum absolute atomic E-state index is 12.8. The first-order valence-corrected chi connectivity index (χ1v) is 27.4. The lowest BCUT2D eigenvalue weighted by Gasteiger charge is -2.26. The number of carbonyl (C=O) groups is 1. The van der Waals surface area contributed by atoms with Crippen molar-refractivity contribution < 1.29 is 76.3 Å². The van der Waals surface area contributed by atoms with E-state index in [9.17, 15) is 76.3 Å². The summed E-state index contributed by atoms with van der Waals surface area (Å²) in [6, 6.07) is 0. The van der Waals surface area contributed by atoms with Gasteiger partial charge in [-0.05, 0) is 64.7 Å². The van der Waals surface area contributed by atoms with Gasteiger partial charge in [-0.1, -0.05) is 154 Å². The number of nitrogens with two attached hydrogens (primary N) is 2. The van der Waals surface area contributed by atoms with Crippen molar-refractivity contribution in [3.63, 3.8) is 0 Å². The average Bonchev–Trinajstić information content (AvgIpc) is 3.37. The molecule has 0 aromatic heterocycles. The molecular formula is C60H99N3O15. The molecule has 0 saturated carbocycles. The molecule has 0 heterocycles. The highest BCUT2D eigenvalue weighted by atomic mass is 16.4. The standard InChI is InChI=1S/C60H99N3O15/c1-5-6-7-8-14-17-20-26-42(2)58(77)44(4)54(73)33-22-19-16-13-11-9-10-12-15-18-21-32-53(72)43(3)55(74)40-51(70)37-47(66)28-23-27-45(64)35-50(69)36-46(65)29-24-30-49(68)39-56(75)59(78)57(76)41-52(71)38-48(67)31-25-34-63-60(61)62/h5-13,15-16,18-24,26,28-29,33,42-54,56-59,64-73,75-78H,14,17,25,27,30-32,34-41H2,1-4H3,(H4,61,62,63). The van der Waals surface area contributed by atoms with Crippen LogP contribution in [0.4, 0.5) is 0 Å². The van der Waals surface area contributed by atoms with Crippen LogP contribution < -0.4 is 11.5 Å². The van der Waals surface area contributed by atoms with Crippen LogP contribution >= 0.6 is 0 Å². The summed E-state index contributed by atoms with van der Waals surface area (Å²) < 4.78 is 0. The van der Waals surface area contributed by atoms with E-state index in [1.165, 1.54) is 24.3 Å². The fourth-order valence-electron chi connectivity index (χ4n) is 7.93. The molecule has 0 rings (SSSR count). The van der Waals surface area contributed by atoms with Crippen LogP contribution in [0, 0.1) is 17.8 Å². The van der Waals surface area contributed by atoms with Crippen molar-refractivity contribution in [2.45, 2.75) is 203 Å². The summed E-state index contributed by atoms with van der Waals surface area (Å²) in [7, 11) is 0. The molecular weight excluding hydrogens is 1000 g/mol. The number of nitrogens with zero attached hydrogens (tertiary/aromatic N) is 1. The van der Waals surface area contributed by atoms with Gasteiger partial charge in [0.1, 0.15) is 11.9 Å². The van der Waals surface area contributed by atoms with Crippen molar-refractivity contribution in [3.05, 3.63) is 134 Å². The van der Waals surface area contributed by atoms with Crippen LogP contribution in [0.5, 0.6) is 0 Å². The van der Waals surface area contributed by atoms with Crippen LogP contribution in [0.15, 0.2) is 139 Å². The number of hydrogen-bond acceptors (Lipinski definition) is 16. The topological polar surface area (TPSA) is 365 Å². The van der Waals surface area contributed by atoms with Crippen LogP contribution in [-0.2, 0) is 4.79 Å². The number of unbranched alkanes of at least 4 members (excludes halogenated alkanes) is 1. The van der Waals surface area contributed by atoms with Crippen LogP contribution in [0.25, 0.3) is 0 Å². The number of rotatable bonds is 44. The molecule has 0 spiro atoms. The molecule has 0 radical (unpaired) electrons. The summed E-state index contributed by atoms with van der Waals surface area (Å²) in [6.45, 7) is 7.61. The number of carbonyl (C=O) groups excluding carboxylic acids is 1. The molecule has 18 nitrogen and oxygen atoms in total.